The van der Waals surface area contributed by atoms with Gasteiger partial charge in [0.05, 0.1) is 25.5 Å². The third-order valence-corrected chi connectivity index (χ3v) is 4.49. The van der Waals surface area contributed by atoms with Crippen LogP contribution in [-0.4, -0.2) is 8.80 Å². The van der Waals surface area contributed by atoms with Crippen LogP contribution >= 0.6 is 0 Å². The molecule has 0 aliphatic rings. The third-order valence-electron chi connectivity index (χ3n) is 4.49. The Morgan fingerprint density at radius 3 is 1.58 bits per heavy atom. The van der Waals surface area contributed by atoms with E-state index in [-0.39, 0.29) is 0 Å². The van der Waals surface area contributed by atoms with Gasteiger partial charge in [-0.2, -0.15) is 8.80 Å². The lowest BCUT2D eigenvalue weighted by atomic mass is 10.4. The van der Waals surface area contributed by atoms with Crippen molar-refractivity contribution in [3.63, 3.8) is 0 Å². The molecule has 0 saturated heterocycles. The van der Waals surface area contributed by atoms with Crippen molar-refractivity contribution < 1.29 is 9.13 Å². The molecule has 0 aliphatic heterocycles. The lowest BCUT2D eigenvalue weighted by Crippen LogP contribution is -2.41. The number of rotatable bonds is 5. The molecule has 4 heteroatoms. The average Bonchev–Trinajstić information content (AvgIpc) is 3.12. The minimum atomic E-state index is 1.02. The van der Waals surface area contributed by atoms with Gasteiger partial charge in [0.2, 0.25) is 0 Å². The molecule has 4 aromatic heterocycles. The fourth-order valence-electron chi connectivity index (χ4n) is 3.52. The van der Waals surface area contributed by atoms with Gasteiger partial charge < -0.3 is 0 Å². The molecule has 24 heavy (non-hydrogen) atoms. The highest BCUT2D eigenvalue weighted by molar-refractivity contribution is 5.56. The van der Waals surface area contributed by atoms with E-state index in [1.54, 1.807) is 0 Å². The molecule has 0 saturated carbocycles. The summed E-state index contributed by atoms with van der Waals surface area (Å²) in [5.41, 5.74) is 2.46. The van der Waals surface area contributed by atoms with Crippen molar-refractivity contribution in [2.45, 2.75) is 39.8 Å². The molecule has 0 spiro atoms. The zero-order valence-electron chi connectivity index (χ0n) is 14.4. The van der Waals surface area contributed by atoms with E-state index in [2.05, 4.69) is 93.0 Å². The highest BCUT2D eigenvalue weighted by Gasteiger charge is 2.32. The van der Waals surface area contributed by atoms with Gasteiger partial charge in [-0.05, 0) is 37.1 Å². The van der Waals surface area contributed by atoms with Gasteiger partial charge in [0.1, 0.15) is 12.4 Å². The maximum atomic E-state index is 2.39. The lowest BCUT2D eigenvalue weighted by molar-refractivity contribution is -0.714. The van der Waals surface area contributed by atoms with Gasteiger partial charge in [0.15, 0.2) is 11.0 Å². The maximum Gasteiger partial charge on any atom is 0.378 e. The molecule has 4 aromatic rings. The molecule has 0 aliphatic carbocycles. The van der Waals surface area contributed by atoms with Crippen molar-refractivity contribution in [1.29, 1.82) is 0 Å². The highest BCUT2D eigenvalue weighted by Crippen LogP contribution is 2.18. The fourth-order valence-corrected chi connectivity index (χ4v) is 3.52. The summed E-state index contributed by atoms with van der Waals surface area (Å²) in [7, 11) is 0. The number of nitrogens with zero attached hydrogens (tertiary/aromatic N) is 4. The molecular weight excluding hydrogens is 296 g/mol. The molecule has 4 nitrogen and oxygen atoms in total. The predicted octanol–water partition coefficient (Wildman–Crippen LogP) is 3.25. The second kappa shape index (κ2) is 6.11. The molecule has 0 aromatic carbocycles. The van der Waals surface area contributed by atoms with E-state index in [1.807, 2.05) is 0 Å². The zero-order chi connectivity index (χ0) is 16.5. The first-order valence-electron chi connectivity index (χ1n) is 8.83. The second-order valence-electron chi connectivity index (χ2n) is 6.28. The average molecular weight is 320 g/mol. The van der Waals surface area contributed by atoms with Crippen LogP contribution in [-0.2, 0) is 13.1 Å². The van der Waals surface area contributed by atoms with Gasteiger partial charge in [-0.15, -0.1) is 0 Å². The first-order valence-corrected chi connectivity index (χ1v) is 8.83. The Balaban J connectivity index is 2.08. The van der Waals surface area contributed by atoms with Crippen molar-refractivity contribution >= 4 is 11.0 Å². The summed E-state index contributed by atoms with van der Waals surface area (Å²) in [5, 5.41) is 0. The van der Waals surface area contributed by atoms with Crippen molar-refractivity contribution in [1.82, 2.24) is 8.80 Å². The second-order valence-corrected chi connectivity index (χ2v) is 6.28. The smallest absolute Gasteiger partial charge is 0.222 e. The molecule has 0 unspecified atom stereocenters. The summed E-state index contributed by atoms with van der Waals surface area (Å²) < 4.78 is 9.37. The van der Waals surface area contributed by atoms with Gasteiger partial charge in [-0.25, -0.2) is 9.13 Å². The van der Waals surface area contributed by atoms with Gasteiger partial charge in [0, 0.05) is 0 Å². The van der Waals surface area contributed by atoms with Crippen LogP contribution in [0.4, 0.5) is 0 Å². The van der Waals surface area contributed by atoms with Crippen LogP contribution in [0.5, 0.6) is 0 Å². The Labute approximate surface area is 142 Å². The highest BCUT2D eigenvalue weighted by atomic mass is 15.2. The van der Waals surface area contributed by atoms with Gasteiger partial charge in [-0.3, -0.25) is 0 Å². The summed E-state index contributed by atoms with van der Waals surface area (Å²) in [5.74, 6) is 2.49. The monoisotopic (exact) mass is 320 g/mol. The summed E-state index contributed by atoms with van der Waals surface area (Å²) in [6.45, 7) is 6.50. The number of aromatic nitrogens is 4. The standard InChI is InChI=1S/C20H24N4/c1-3-11-21-15-17-9-5-7-13-23(17)19(21)20-22(12-4-2)16-18-10-6-8-14-24(18)20/h5-10,13-16H,3-4,11-12H2,1-2H3/q+2. The van der Waals surface area contributed by atoms with Gasteiger partial charge in [0.25, 0.3) is 0 Å². The number of imidazole rings is 2. The topological polar surface area (TPSA) is 16.6 Å². The Morgan fingerprint density at radius 1 is 0.708 bits per heavy atom. The molecule has 0 amide bonds. The van der Waals surface area contributed by atoms with Crippen LogP contribution in [0.1, 0.15) is 26.7 Å². The zero-order valence-corrected chi connectivity index (χ0v) is 14.4. The number of pyridine rings is 2. The Kier molecular flexibility index (Phi) is 3.81. The number of fused-ring (bicyclic) bond motifs is 2. The summed E-state index contributed by atoms with van der Waals surface area (Å²) >= 11 is 0. The van der Waals surface area contributed by atoms with Crippen LogP contribution < -0.4 is 9.13 Å². The Bertz CT molecular complexity index is 911. The van der Waals surface area contributed by atoms with Crippen molar-refractivity contribution in [2.75, 3.05) is 0 Å². The molecule has 4 rings (SSSR count). The quantitative estimate of drug-likeness (QED) is 0.502. The first kappa shape index (κ1) is 14.9. The number of hydrogen-bond acceptors (Lipinski definition) is 0. The molecule has 122 valence electrons. The normalized spacial score (nSPS) is 11.6. The minimum Gasteiger partial charge on any atom is -0.222 e. The van der Waals surface area contributed by atoms with E-state index in [0.717, 1.165) is 25.9 Å². The maximum absolute atomic E-state index is 2.39. The van der Waals surface area contributed by atoms with Crippen LogP contribution in [0.3, 0.4) is 0 Å². The lowest BCUT2D eigenvalue weighted by Gasteiger charge is -2.00. The molecule has 0 atom stereocenters. The van der Waals surface area contributed by atoms with E-state index in [1.165, 1.54) is 22.7 Å². The van der Waals surface area contributed by atoms with Gasteiger partial charge in [-0.1, -0.05) is 26.0 Å². The minimum absolute atomic E-state index is 1.02. The number of hydrogen-bond donors (Lipinski definition) is 0. The first-order chi connectivity index (χ1) is 11.8. The molecule has 0 N–H and O–H groups in total. The largest absolute Gasteiger partial charge is 0.378 e. The SMILES string of the molecule is CCC[n+]1cc2ccccn2c1-c1n2ccccc2c[n+]1CCC. The molecule has 0 radical (unpaired) electrons. The molecule has 0 bridgehead atoms. The van der Waals surface area contributed by atoms with Crippen molar-refractivity contribution in [2.24, 2.45) is 0 Å². The van der Waals surface area contributed by atoms with Crippen LogP contribution in [0.25, 0.3) is 22.7 Å². The van der Waals surface area contributed by atoms with Crippen LogP contribution in [0.2, 0.25) is 0 Å². The van der Waals surface area contributed by atoms with Crippen LogP contribution in [0, 0.1) is 0 Å². The van der Waals surface area contributed by atoms with E-state index >= 15 is 0 Å². The van der Waals surface area contributed by atoms with Gasteiger partial charge >= 0.3 is 11.6 Å². The van der Waals surface area contributed by atoms with E-state index in [9.17, 15) is 0 Å². The van der Waals surface area contributed by atoms with E-state index < -0.39 is 0 Å². The van der Waals surface area contributed by atoms with E-state index in [0.29, 0.717) is 0 Å². The summed E-state index contributed by atoms with van der Waals surface area (Å²) in [6, 6.07) is 12.8. The third kappa shape index (κ3) is 2.30. The molecule has 0 fully saturated rings. The Hall–Kier alpha value is -2.62. The van der Waals surface area contributed by atoms with E-state index in [4.69, 9.17) is 0 Å². The summed E-state index contributed by atoms with van der Waals surface area (Å²) in [4.78, 5) is 0. The fraction of sp³-hybridized carbons (Fsp3) is 0.300. The molecule has 4 heterocycles. The number of aryl methyl sites for hydroxylation is 2. The van der Waals surface area contributed by atoms with Crippen LogP contribution in [0.15, 0.2) is 61.2 Å². The van der Waals surface area contributed by atoms with Crippen molar-refractivity contribution in [3.05, 3.63) is 61.2 Å². The molecular formula is C20H24N4+2. The van der Waals surface area contributed by atoms with Crippen molar-refractivity contribution in [3.8, 4) is 11.6 Å². The predicted molar refractivity (Wildman–Crippen MR) is 94.8 cm³/mol. The Morgan fingerprint density at radius 2 is 1.17 bits per heavy atom. The summed E-state index contributed by atoms with van der Waals surface area (Å²) in [6.07, 6.45) is 11.1.